The van der Waals surface area contributed by atoms with Gasteiger partial charge in [0.15, 0.2) is 9.84 Å². The molecule has 2 rings (SSSR count). The number of hydrogen-bond acceptors (Lipinski definition) is 3. The third kappa shape index (κ3) is 1.59. The number of hydrogen-bond donors (Lipinski definition) is 0. The molecule has 0 aromatic rings. The van der Waals surface area contributed by atoms with Crippen LogP contribution in [0.1, 0.15) is 25.7 Å². The number of nitrogens with zero attached hydrogens (tertiary/aromatic N) is 2. The topological polar surface area (TPSA) is 62.3 Å². The van der Waals surface area contributed by atoms with E-state index in [0.717, 1.165) is 19.3 Å². The molecule has 88 valence electrons. The molecular weight excluding hydrogens is 236 g/mol. The zero-order valence-electron chi connectivity index (χ0n) is 9.31. The second-order valence-corrected chi connectivity index (χ2v) is 6.57. The van der Waals surface area contributed by atoms with E-state index in [0.29, 0.717) is 12.0 Å². The SMILES string of the molecule is [C-]#[N+]/C(C#N)=C1/C(=C)S(=O)(=O)C2CCCCC12. The first-order chi connectivity index (χ1) is 8.04. The summed E-state index contributed by atoms with van der Waals surface area (Å²) in [5, 5.41) is 8.45. The first-order valence-electron chi connectivity index (χ1n) is 5.49. The van der Waals surface area contributed by atoms with Crippen LogP contribution in [0.25, 0.3) is 4.85 Å². The Kier molecular flexibility index (Phi) is 2.81. The van der Waals surface area contributed by atoms with E-state index in [1.54, 1.807) is 6.07 Å². The van der Waals surface area contributed by atoms with Gasteiger partial charge in [0.1, 0.15) is 0 Å². The highest BCUT2D eigenvalue weighted by molar-refractivity contribution is 7.96. The molecule has 0 radical (unpaired) electrons. The van der Waals surface area contributed by atoms with Gasteiger partial charge in [-0.25, -0.2) is 18.5 Å². The fourth-order valence-electron chi connectivity index (χ4n) is 2.79. The summed E-state index contributed by atoms with van der Waals surface area (Å²) in [6, 6.07) is 1.80. The van der Waals surface area contributed by atoms with Crippen molar-refractivity contribution >= 4 is 9.84 Å². The van der Waals surface area contributed by atoms with Crippen LogP contribution in [0.15, 0.2) is 22.8 Å². The third-order valence-corrected chi connectivity index (χ3v) is 5.86. The van der Waals surface area contributed by atoms with Gasteiger partial charge in [0.25, 0.3) is 5.70 Å². The number of sulfone groups is 1. The quantitative estimate of drug-likeness (QED) is 0.487. The van der Waals surface area contributed by atoms with Crippen LogP contribution >= 0.6 is 0 Å². The van der Waals surface area contributed by atoms with E-state index >= 15 is 0 Å². The lowest BCUT2D eigenvalue weighted by Crippen LogP contribution is -2.25. The van der Waals surface area contributed by atoms with Gasteiger partial charge in [-0.15, -0.1) is 0 Å². The Bertz CT molecular complexity index is 571. The van der Waals surface area contributed by atoms with Crippen LogP contribution < -0.4 is 0 Å². The van der Waals surface area contributed by atoms with Crippen LogP contribution in [0.3, 0.4) is 0 Å². The van der Waals surface area contributed by atoms with Crippen LogP contribution in [-0.4, -0.2) is 13.7 Å². The minimum absolute atomic E-state index is 0.00181. The number of nitriles is 1. The van der Waals surface area contributed by atoms with Gasteiger partial charge in [-0.05, 0) is 24.3 Å². The zero-order valence-corrected chi connectivity index (χ0v) is 10.1. The Morgan fingerprint density at radius 1 is 1.47 bits per heavy atom. The van der Waals surface area contributed by atoms with Gasteiger partial charge in [0.05, 0.1) is 22.8 Å². The maximum absolute atomic E-state index is 12.1. The highest BCUT2D eigenvalue weighted by Gasteiger charge is 2.48. The van der Waals surface area contributed by atoms with Crippen LogP contribution in [0, 0.1) is 23.8 Å². The van der Waals surface area contributed by atoms with Gasteiger partial charge in [0, 0.05) is 0 Å². The van der Waals surface area contributed by atoms with Gasteiger partial charge >= 0.3 is 0 Å². The monoisotopic (exact) mass is 248 g/mol. The molecule has 0 bridgehead atoms. The second kappa shape index (κ2) is 4.01. The van der Waals surface area contributed by atoms with Crippen molar-refractivity contribution in [1.29, 1.82) is 5.26 Å². The van der Waals surface area contributed by atoms with E-state index in [9.17, 15) is 8.42 Å². The minimum atomic E-state index is -3.39. The summed E-state index contributed by atoms with van der Waals surface area (Å²) in [6.45, 7) is 10.5. The molecule has 17 heavy (non-hydrogen) atoms. The maximum Gasteiger partial charge on any atom is 0.266 e. The summed E-state index contributed by atoms with van der Waals surface area (Å²) in [7, 11) is -3.39. The molecule has 2 fully saturated rings. The van der Waals surface area contributed by atoms with Crippen molar-refractivity contribution in [1.82, 2.24) is 0 Å². The van der Waals surface area contributed by atoms with Gasteiger partial charge in [-0.3, -0.25) is 0 Å². The summed E-state index contributed by atoms with van der Waals surface area (Å²) in [5.41, 5.74) is 0.278. The third-order valence-electron chi connectivity index (χ3n) is 3.59. The molecule has 1 saturated heterocycles. The molecule has 2 unspecified atom stereocenters. The first-order valence-corrected chi connectivity index (χ1v) is 7.03. The molecule has 0 N–H and O–H groups in total. The van der Waals surface area contributed by atoms with Gasteiger partial charge in [-0.1, -0.05) is 19.4 Å². The van der Waals surface area contributed by atoms with Gasteiger partial charge in [0.2, 0.25) is 0 Å². The van der Waals surface area contributed by atoms with E-state index in [1.807, 2.05) is 0 Å². The summed E-state index contributed by atoms with van der Waals surface area (Å²) in [6.07, 6.45) is 3.19. The highest BCUT2D eigenvalue weighted by atomic mass is 32.2. The first kappa shape index (κ1) is 11.9. The molecule has 2 aliphatic rings. The zero-order chi connectivity index (χ0) is 12.6. The van der Waals surface area contributed by atoms with E-state index in [4.69, 9.17) is 11.8 Å². The lowest BCUT2D eigenvalue weighted by molar-refractivity contribution is 0.415. The van der Waals surface area contributed by atoms with Crippen molar-refractivity contribution in [2.75, 3.05) is 0 Å². The highest BCUT2D eigenvalue weighted by Crippen LogP contribution is 2.48. The van der Waals surface area contributed by atoms with Crippen LogP contribution in [0.5, 0.6) is 0 Å². The Morgan fingerprint density at radius 2 is 2.12 bits per heavy atom. The molecule has 5 heteroatoms. The largest absolute Gasteiger partial charge is 0.266 e. The standard InChI is InChI=1S/C12H12N2O2S/c1-8-12(10(7-13)14-2)9-5-3-4-6-11(9)17(8,15)16/h9,11H,1,3-6H2/b12-10-. The molecule has 4 nitrogen and oxygen atoms in total. The lowest BCUT2D eigenvalue weighted by Gasteiger charge is -2.23. The molecule has 0 aromatic carbocycles. The van der Waals surface area contributed by atoms with Crippen molar-refractivity contribution in [3.05, 3.63) is 34.2 Å². The molecule has 1 saturated carbocycles. The van der Waals surface area contributed by atoms with E-state index < -0.39 is 15.1 Å². The van der Waals surface area contributed by atoms with Crippen molar-refractivity contribution in [2.24, 2.45) is 5.92 Å². The van der Waals surface area contributed by atoms with Crippen molar-refractivity contribution in [2.45, 2.75) is 30.9 Å². The summed E-state index contributed by atoms with van der Waals surface area (Å²) in [5.74, 6) is -0.190. The Balaban J connectivity index is 2.65. The fraction of sp³-hybridized carbons (Fsp3) is 0.500. The maximum atomic E-state index is 12.1. The molecule has 1 aliphatic heterocycles. The fourth-order valence-corrected chi connectivity index (χ4v) is 4.90. The van der Waals surface area contributed by atoms with Crippen molar-refractivity contribution < 1.29 is 8.42 Å². The second-order valence-electron chi connectivity index (χ2n) is 4.38. The number of fused-ring (bicyclic) bond motifs is 1. The average molecular weight is 248 g/mol. The normalized spacial score (nSPS) is 33.4. The smallest absolute Gasteiger partial charge is 0.226 e. The molecule has 0 amide bonds. The van der Waals surface area contributed by atoms with E-state index in [-0.39, 0.29) is 16.5 Å². The van der Waals surface area contributed by atoms with E-state index in [2.05, 4.69) is 11.4 Å². The van der Waals surface area contributed by atoms with Crippen LogP contribution in [-0.2, 0) is 9.84 Å². The molecular formula is C12H12N2O2S. The Morgan fingerprint density at radius 3 is 2.71 bits per heavy atom. The predicted octanol–water partition coefficient (Wildman–Crippen LogP) is 2.18. The summed E-state index contributed by atoms with van der Waals surface area (Å²) < 4.78 is 24.3. The predicted molar refractivity (Wildman–Crippen MR) is 63.0 cm³/mol. The molecule has 2 atom stereocenters. The molecule has 0 spiro atoms. The summed E-state index contributed by atoms with van der Waals surface area (Å²) >= 11 is 0. The van der Waals surface area contributed by atoms with Crippen molar-refractivity contribution in [3.8, 4) is 6.07 Å². The molecule has 0 aromatic heterocycles. The van der Waals surface area contributed by atoms with Gasteiger partial charge in [-0.2, -0.15) is 0 Å². The van der Waals surface area contributed by atoms with Crippen LogP contribution in [0.2, 0.25) is 0 Å². The van der Waals surface area contributed by atoms with Crippen molar-refractivity contribution in [3.63, 3.8) is 0 Å². The number of allylic oxidation sites excluding steroid dienone is 2. The minimum Gasteiger partial charge on any atom is -0.226 e. The number of rotatable bonds is 0. The molecule has 1 aliphatic carbocycles. The Labute approximate surface area is 101 Å². The van der Waals surface area contributed by atoms with E-state index in [1.165, 1.54) is 0 Å². The van der Waals surface area contributed by atoms with Crippen LogP contribution in [0.4, 0.5) is 0 Å². The summed E-state index contributed by atoms with van der Waals surface area (Å²) in [4.78, 5) is 3.14. The Hall–Kier alpha value is -1.59. The molecule has 1 heterocycles. The lowest BCUT2D eigenvalue weighted by atomic mass is 9.83. The van der Waals surface area contributed by atoms with Gasteiger partial charge < -0.3 is 0 Å². The average Bonchev–Trinajstić information content (AvgIpc) is 2.53.